The van der Waals surface area contributed by atoms with E-state index in [0.29, 0.717) is 19.5 Å². The minimum Gasteiger partial charge on any atom is -0.445 e. The highest BCUT2D eigenvalue weighted by Gasteiger charge is 2.05. The molecule has 2 amide bonds. The molecular formula is C15H22N2O3. The van der Waals surface area contributed by atoms with Crippen molar-refractivity contribution in [3.63, 3.8) is 0 Å². The third-order valence-electron chi connectivity index (χ3n) is 2.66. The molecule has 0 aliphatic rings. The van der Waals surface area contributed by atoms with Crippen LogP contribution in [-0.4, -0.2) is 25.1 Å². The lowest BCUT2D eigenvalue weighted by atomic mass is 10.2. The summed E-state index contributed by atoms with van der Waals surface area (Å²) in [6.07, 6.45) is 0.239. The number of carbonyl (C=O) groups excluding carboxylic acids is 2. The van der Waals surface area contributed by atoms with E-state index in [9.17, 15) is 9.59 Å². The smallest absolute Gasteiger partial charge is 0.407 e. The summed E-state index contributed by atoms with van der Waals surface area (Å²) in [7, 11) is 0. The molecule has 0 saturated carbocycles. The molecule has 0 heterocycles. The zero-order valence-electron chi connectivity index (χ0n) is 12.0. The van der Waals surface area contributed by atoms with Gasteiger partial charge in [-0.05, 0) is 12.0 Å². The molecular weight excluding hydrogens is 256 g/mol. The second kappa shape index (κ2) is 8.96. The van der Waals surface area contributed by atoms with Gasteiger partial charge in [-0.1, -0.05) is 44.2 Å². The molecule has 2 N–H and O–H groups in total. The first kappa shape index (κ1) is 16.0. The van der Waals surface area contributed by atoms with Gasteiger partial charge in [-0.15, -0.1) is 0 Å². The summed E-state index contributed by atoms with van der Waals surface area (Å²) in [6, 6.07) is 9.50. The molecule has 0 aromatic heterocycles. The van der Waals surface area contributed by atoms with Crippen LogP contribution in [0.1, 0.15) is 25.8 Å². The lowest BCUT2D eigenvalue weighted by Gasteiger charge is -2.09. The van der Waals surface area contributed by atoms with Gasteiger partial charge in [-0.3, -0.25) is 4.79 Å². The molecule has 0 aliphatic heterocycles. The Morgan fingerprint density at radius 2 is 1.75 bits per heavy atom. The lowest BCUT2D eigenvalue weighted by Crippen LogP contribution is -2.32. The quantitative estimate of drug-likeness (QED) is 0.750. The number of nitrogens with one attached hydrogen (secondary N) is 2. The van der Waals surface area contributed by atoms with E-state index in [0.717, 1.165) is 5.56 Å². The highest BCUT2D eigenvalue weighted by Crippen LogP contribution is 2.00. The number of rotatable bonds is 7. The Balaban J connectivity index is 2.05. The molecule has 0 atom stereocenters. The highest BCUT2D eigenvalue weighted by atomic mass is 16.5. The van der Waals surface area contributed by atoms with Crippen molar-refractivity contribution in [2.75, 3.05) is 13.1 Å². The van der Waals surface area contributed by atoms with Crippen molar-refractivity contribution < 1.29 is 14.3 Å². The average Bonchev–Trinajstić information content (AvgIpc) is 2.45. The van der Waals surface area contributed by atoms with E-state index >= 15 is 0 Å². The Kier molecular flexibility index (Phi) is 7.17. The Labute approximate surface area is 119 Å². The number of carbonyl (C=O) groups is 2. The number of alkyl carbamates (subject to hydrolysis) is 1. The number of benzene rings is 1. The summed E-state index contributed by atoms with van der Waals surface area (Å²) in [5, 5.41) is 5.43. The second-order valence-corrected chi connectivity index (χ2v) is 4.79. The maximum Gasteiger partial charge on any atom is 0.407 e. The first-order valence-corrected chi connectivity index (χ1v) is 6.82. The van der Waals surface area contributed by atoms with Gasteiger partial charge in [0, 0.05) is 19.0 Å². The van der Waals surface area contributed by atoms with Crippen LogP contribution in [0.15, 0.2) is 30.3 Å². The van der Waals surface area contributed by atoms with Crippen molar-refractivity contribution in [2.45, 2.75) is 26.9 Å². The molecule has 1 rings (SSSR count). The van der Waals surface area contributed by atoms with Gasteiger partial charge in [0.2, 0.25) is 5.91 Å². The standard InChI is InChI=1S/C15H22N2O3/c1-12(2)14(18)16-9-6-10-17-15(19)20-11-13-7-4-3-5-8-13/h3-5,7-8,12H,6,9-11H2,1-2H3,(H,16,18)(H,17,19). The largest absolute Gasteiger partial charge is 0.445 e. The van der Waals surface area contributed by atoms with Gasteiger partial charge in [0.25, 0.3) is 0 Å². The monoisotopic (exact) mass is 278 g/mol. The first-order valence-electron chi connectivity index (χ1n) is 6.82. The van der Waals surface area contributed by atoms with Gasteiger partial charge >= 0.3 is 6.09 Å². The molecule has 0 radical (unpaired) electrons. The minimum absolute atomic E-state index is 0.0150. The van der Waals surface area contributed by atoms with Crippen LogP contribution in [0.5, 0.6) is 0 Å². The fraction of sp³-hybridized carbons (Fsp3) is 0.467. The van der Waals surface area contributed by atoms with Crippen LogP contribution in [0.25, 0.3) is 0 Å². The van der Waals surface area contributed by atoms with Crippen LogP contribution in [-0.2, 0) is 16.1 Å². The molecule has 5 heteroatoms. The van der Waals surface area contributed by atoms with Crippen molar-refractivity contribution in [1.82, 2.24) is 10.6 Å². The Morgan fingerprint density at radius 3 is 2.40 bits per heavy atom. The van der Waals surface area contributed by atoms with Crippen molar-refractivity contribution in [3.05, 3.63) is 35.9 Å². The predicted octanol–water partition coefficient (Wildman–Crippen LogP) is 2.08. The molecule has 0 spiro atoms. The van der Waals surface area contributed by atoms with Crippen molar-refractivity contribution in [3.8, 4) is 0 Å². The van der Waals surface area contributed by atoms with E-state index in [1.807, 2.05) is 44.2 Å². The molecule has 110 valence electrons. The first-order chi connectivity index (χ1) is 9.59. The van der Waals surface area contributed by atoms with Gasteiger partial charge in [-0.25, -0.2) is 4.79 Å². The molecule has 20 heavy (non-hydrogen) atoms. The summed E-state index contributed by atoms with van der Waals surface area (Å²) in [5.41, 5.74) is 0.951. The van der Waals surface area contributed by atoms with E-state index in [2.05, 4.69) is 10.6 Å². The minimum atomic E-state index is -0.441. The van der Waals surface area contributed by atoms with Crippen LogP contribution >= 0.6 is 0 Å². The van der Waals surface area contributed by atoms with Gasteiger partial charge in [0.1, 0.15) is 6.61 Å². The molecule has 0 fully saturated rings. The number of hydrogen-bond acceptors (Lipinski definition) is 3. The molecule has 1 aromatic rings. The van der Waals surface area contributed by atoms with E-state index < -0.39 is 6.09 Å². The fourth-order valence-corrected chi connectivity index (χ4v) is 1.47. The summed E-state index contributed by atoms with van der Waals surface area (Å²) in [6.45, 7) is 4.97. The van der Waals surface area contributed by atoms with Gasteiger partial charge < -0.3 is 15.4 Å². The van der Waals surface area contributed by atoms with Crippen LogP contribution in [0, 0.1) is 5.92 Å². The van der Waals surface area contributed by atoms with E-state index in [1.165, 1.54) is 0 Å². The summed E-state index contributed by atoms with van der Waals surface area (Å²) in [4.78, 5) is 22.7. The molecule has 0 aliphatic carbocycles. The summed E-state index contributed by atoms with van der Waals surface area (Å²) >= 11 is 0. The topological polar surface area (TPSA) is 67.4 Å². The zero-order valence-corrected chi connectivity index (χ0v) is 12.0. The van der Waals surface area contributed by atoms with Crippen molar-refractivity contribution in [1.29, 1.82) is 0 Å². The molecule has 0 unspecified atom stereocenters. The van der Waals surface area contributed by atoms with Gasteiger partial charge in [0.15, 0.2) is 0 Å². The molecule has 0 saturated heterocycles. The molecule has 0 bridgehead atoms. The van der Waals surface area contributed by atoms with Crippen molar-refractivity contribution in [2.24, 2.45) is 5.92 Å². The number of hydrogen-bond donors (Lipinski definition) is 2. The Morgan fingerprint density at radius 1 is 1.10 bits per heavy atom. The third kappa shape index (κ3) is 6.78. The molecule has 1 aromatic carbocycles. The SMILES string of the molecule is CC(C)C(=O)NCCCNC(=O)OCc1ccccc1. The Bertz CT molecular complexity index is 418. The number of ether oxygens (including phenoxy) is 1. The maximum absolute atomic E-state index is 11.4. The second-order valence-electron chi connectivity index (χ2n) is 4.79. The van der Waals surface area contributed by atoms with E-state index in [-0.39, 0.29) is 18.4 Å². The molecule has 5 nitrogen and oxygen atoms in total. The fourth-order valence-electron chi connectivity index (χ4n) is 1.47. The van der Waals surface area contributed by atoms with Gasteiger partial charge in [-0.2, -0.15) is 0 Å². The zero-order chi connectivity index (χ0) is 14.8. The average molecular weight is 278 g/mol. The third-order valence-corrected chi connectivity index (χ3v) is 2.66. The highest BCUT2D eigenvalue weighted by molar-refractivity contribution is 5.77. The lowest BCUT2D eigenvalue weighted by molar-refractivity contribution is -0.123. The van der Waals surface area contributed by atoms with Crippen LogP contribution in [0.4, 0.5) is 4.79 Å². The van der Waals surface area contributed by atoms with E-state index in [1.54, 1.807) is 0 Å². The van der Waals surface area contributed by atoms with Crippen LogP contribution in [0.2, 0.25) is 0 Å². The number of amides is 2. The van der Waals surface area contributed by atoms with Crippen LogP contribution in [0.3, 0.4) is 0 Å². The van der Waals surface area contributed by atoms with Crippen LogP contribution < -0.4 is 10.6 Å². The van der Waals surface area contributed by atoms with Gasteiger partial charge in [0.05, 0.1) is 0 Å². The summed E-state index contributed by atoms with van der Waals surface area (Å²) in [5.74, 6) is 0.00968. The van der Waals surface area contributed by atoms with Crippen molar-refractivity contribution >= 4 is 12.0 Å². The Hall–Kier alpha value is -2.04. The van der Waals surface area contributed by atoms with E-state index in [4.69, 9.17) is 4.74 Å². The normalized spacial score (nSPS) is 10.2. The predicted molar refractivity (Wildman–Crippen MR) is 77.1 cm³/mol. The summed E-state index contributed by atoms with van der Waals surface area (Å²) < 4.78 is 5.06. The maximum atomic E-state index is 11.4.